The van der Waals surface area contributed by atoms with Crippen LogP contribution in [0.25, 0.3) is 0 Å². The number of rotatable bonds is 3. The first-order valence-corrected chi connectivity index (χ1v) is 5.16. The third kappa shape index (κ3) is 2.51. The van der Waals surface area contributed by atoms with Crippen LogP contribution in [-0.4, -0.2) is 15.2 Å². The summed E-state index contributed by atoms with van der Waals surface area (Å²) in [5, 5.41) is 18.7. The first-order valence-electron chi connectivity index (χ1n) is 5.16. The summed E-state index contributed by atoms with van der Waals surface area (Å²) >= 11 is 0. The Morgan fingerprint density at radius 3 is 2.38 bits per heavy atom. The van der Waals surface area contributed by atoms with Gasteiger partial charge in [-0.25, -0.2) is 0 Å². The van der Waals surface area contributed by atoms with Gasteiger partial charge < -0.3 is 10.2 Å². The Hall–Kier alpha value is -2.03. The van der Waals surface area contributed by atoms with Gasteiger partial charge in [0.25, 0.3) is 0 Å². The van der Waals surface area contributed by atoms with Crippen molar-refractivity contribution in [2.75, 3.05) is 0 Å². The van der Waals surface area contributed by atoms with Gasteiger partial charge in [-0.3, -0.25) is 4.98 Å². The van der Waals surface area contributed by atoms with E-state index in [1.165, 1.54) is 0 Å². The highest BCUT2D eigenvalue weighted by Crippen LogP contribution is 2.16. The Balaban J connectivity index is 2.02. The second-order valence-electron chi connectivity index (χ2n) is 3.64. The largest absolute Gasteiger partial charge is 0.508 e. The second kappa shape index (κ2) is 4.66. The first-order chi connectivity index (χ1) is 7.75. The number of aromatic nitrogens is 1. The van der Waals surface area contributed by atoms with Crippen molar-refractivity contribution in [3.8, 4) is 11.5 Å². The number of phenolic OH excluding ortho intramolecular Hbond substituents is 1. The van der Waals surface area contributed by atoms with Crippen LogP contribution in [0, 0.1) is 0 Å². The summed E-state index contributed by atoms with van der Waals surface area (Å²) in [6.07, 6.45) is 3.16. The monoisotopic (exact) mass is 215 g/mol. The van der Waals surface area contributed by atoms with Crippen molar-refractivity contribution in [3.05, 3.63) is 53.9 Å². The van der Waals surface area contributed by atoms with Crippen LogP contribution in [0.15, 0.2) is 42.6 Å². The molecule has 1 aromatic carbocycles. The smallest absolute Gasteiger partial charge is 0.137 e. The van der Waals surface area contributed by atoms with E-state index in [2.05, 4.69) is 4.98 Å². The van der Waals surface area contributed by atoms with Crippen LogP contribution >= 0.6 is 0 Å². The molecule has 0 bridgehead atoms. The van der Waals surface area contributed by atoms with Crippen molar-refractivity contribution in [3.63, 3.8) is 0 Å². The maximum atomic E-state index is 9.53. The number of benzene rings is 1. The number of aromatic hydroxyl groups is 2. The minimum Gasteiger partial charge on any atom is -0.508 e. The van der Waals surface area contributed by atoms with Crippen molar-refractivity contribution < 1.29 is 10.2 Å². The van der Waals surface area contributed by atoms with E-state index in [0.717, 1.165) is 12.0 Å². The molecule has 0 amide bonds. The van der Waals surface area contributed by atoms with E-state index in [9.17, 15) is 5.11 Å². The fourth-order valence-electron chi connectivity index (χ4n) is 1.55. The lowest BCUT2D eigenvalue weighted by Gasteiger charge is -2.03. The summed E-state index contributed by atoms with van der Waals surface area (Å²) in [5.74, 6) is 0.505. The van der Waals surface area contributed by atoms with Gasteiger partial charge in [0.15, 0.2) is 0 Å². The van der Waals surface area contributed by atoms with E-state index < -0.39 is 0 Å². The zero-order valence-electron chi connectivity index (χ0n) is 8.80. The summed E-state index contributed by atoms with van der Waals surface area (Å²) < 4.78 is 0. The quantitative estimate of drug-likeness (QED) is 0.825. The van der Waals surface area contributed by atoms with Crippen LogP contribution in [0.4, 0.5) is 0 Å². The van der Waals surface area contributed by atoms with Crippen molar-refractivity contribution >= 4 is 0 Å². The average Bonchev–Trinajstić information content (AvgIpc) is 2.30. The minimum absolute atomic E-state index is 0.237. The topological polar surface area (TPSA) is 53.4 Å². The highest BCUT2D eigenvalue weighted by molar-refractivity contribution is 5.29. The van der Waals surface area contributed by atoms with E-state index in [1.54, 1.807) is 30.5 Å². The molecule has 16 heavy (non-hydrogen) atoms. The molecule has 0 spiro atoms. The van der Waals surface area contributed by atoms with Crippen molar-refractivity contribution in [1.82, 2.24) is 4.98 Å². The molecular weight excluding hydrogens is 202 g/mol. The van der Waals surface area contributed by atoms with Crippen molar-refractivity contribution in [2.45, 2.75) is 12.8 Å². The molecular formula is C13H13NO2. The lowest BCUT2D eigenvalue weighted by molar-refractivity contribution is 0.463. The van der Waals surface area contributed by atoms with E-state index in [-0.39, 0.29) is 11.5 Å². The van der Waals surface area contributed by atoms with Crippen LogP contribution in [0.5, 0.6) is 11.5 Å². The van der Waals surface area contributed by atoms with Gasteiger partial charge in [0, 0.05) is 6.20 Å². The van der Waals surface area contributed by atoms with Crippen LogP contribution in [0.3, 0.4) is 0 Å². The van der Waals surface area contributed by atoms with Crippen LogP contribution in [0.2, 0.25) is 0 Å². The molecule has 2 N–H and O–H groups in total. The number of aryl methyl sites for hydroxylation is 2. The summed E-state index contributed by atoms with van der Waals surface area (Å²) in [5.41, 5.74) is 1.82. The molecule has 3 nitrogen and oxygen atoms in total. The molecule has 0 fully saturated rings. The molecule has 1 aromatic heterocycles. The molecule has 2 aromatic rings. The molecule has 0 unspecified atom stereocenters. The van der Waals surface area contributed by atoms with Crippen LogP contribution < -0.4 is 0 Å². The molecule has 1 heterocycles. The molecule has 0 saturated carbocycles. The van der Waals surface area contributed by atoms with E-state index >= 15 is 0 Å². The molecule has 3 heteroatoms. The number of hydrogen-bond acceptors (Lipinski definition) is 3. The zero-order chi connectivity index (χ0) is 11.4. The highest BCUT2D eigenvalue weighted by Gasteiger charge is 2.01. The predicted octanol–water partition coefficient (Wildman–Crippen LogP) is 2.28. The van der Waals surface area contributed by atoms with Gasteiger partial charge in [-0.1, -0.05) is 12.1 Å². The van der Waals surface area contributed by atoms with Gasteiger partial charge in [-0.05, 0) is 42.7 Å². The Morgan fingerprint density at radius 1 is 0.938 bits per heavy atom. The zero-order valence-corrected chi connectivity index (χ0v) is 8.80. The average molecular weight is 215 g/mol. The highest BCUT2D eigenvalue weighted by atomic mass is 16.3. The maximum absolute atomic E-state index is 9.53. The van der Waals surface area contributed by atoms with E-state index in [1.807, 2.05) is 12.1 Å². The predicted molar refractivity (Wildman–Crippen MR) is 61.4 cm³/mol. The molecule has 0 saturated heterocycles. The molecule has 2 rings (SSSR count). The SMILES string of the molecule is Oc1ccc(CCc2ncccc2O)cc1. The van der Waals surface area contributed by atoms with E-state index in [0.29, 0.717) is 12.1 Å². The lowest BCUT2D eigenvalue weighted by Crippen LogP contribution is -1.94. The van der Waals surface area contributed by atoms with Crippen molar-refractivity contribution in [1.29, 1.82) is 0 Å². The van der Waals surface area contributed by atoms with Crippen LogP contribution in [0.1, 0.15) is 11.3 Å². The summed E-state index contributed by atoms with van der Waals surface area (Å²) in [7, 11) is 0. The third-order valence-corrected chi connectivity index (χ3v) is 2.45. The second-order valence-corrected chi connectivity index (χ2v) is 3.64. The van der Waals surface area contributed by atoms with Gasteiger partial charge in [-0.15, -0.1) is 0 Å². The van der Waals surface area contributed by atoms with Gasteiger partial charge in [0.2, 0.25) is 0 Å². The molecule has 0 radical (unpaired) electrons. The van der Waals surface area contributed by atoms with Crippen molar-refractivity contribution in [2.24, 2.45) is 0 Å². The number of hydrogen-bond donors (Lipinski definition) is 2. The number of nitrogens with zero attached hydrogens (tertiary/aromatic N) is 1. The standard InChI is InChI=1S/C13H13NO2/c15-11-6-3-10(4-7-11)5-8-12-13(16)2-1-9-14-12/h1-4,6-7,9,15-16H,5,8H2. The fourth-order valence-corrected chi connectivity index (χ4v) is 1.55. The Morgan fingerprint density at radius 2 is 1.69 bits per heavy atom. The fraction of sp³-hybridized carbons (Fsp3) is 0.154. The molecule has 0 aliphatic carbocycles. The van der Waals surface area contributed by atoms with Gasteiger partial charge in [-0.2, -0.15) is 0 Å². The summed E-state index contributed by atoms with van der Waals surface area (Å²) in [6.45, 7) is 0. The molecule has 0 aliphatic heterocycles. The Bertz CT molecular complexity index is 466. The summed E-state index contributed by atoms with van der Waals surface area (Å²) in [6, 6.07) is 10.4. The molecule has 0 aliphatic rings. The normalized spacial score (nSPS) is 10.2. The molecule has 82 valence electrons. The van der Waals surface area contributed by atoms with E-state index in [4.69, 9.17) is 5.11 Å². The van der Waals surface area contributed by atoms with Gasteiger partial charge in [0.05, 0.1) is 5.69 Å². The molecule has 0 atom stereocenters. The summed E-state index contributed by atoms with van der Waals surface area (Å²) in [4.78, 5) is 4.11. The Labute approximate surface area is 94.0 Å². The Kier molecular flexibility index (Phi) is 3.05. The number of pyridine rings is 1. The minimum atomic E-state index is 0.237. The lowest BCUT2D eigenvalue weighted by atomic mass is 10.1. The van der Waals surface area contributed by atoms with Crippen LogP contribution in [-0.2, 0) is 12.8 Å². The first kappa shape index (κ1) is 10.5. The van der Waals surface area contributed by atoms with Gasteiger partial charge >= 0.3 is 0 Å². The van der Waals surface area contributed by atoms with Gasteiger partial charge in [0.1, 0.15) is 11.5 Å². The number of phenols is 1. The maximum Gasteiger partial charge on any atom is 0.137 e. The third-order valence-electron chi connectivity index (χ3n) is 2.45.